The molecular weight excluding hydrogens is 270 g/mol. The van der Waals surface area contributed by atoms with Gasteiger partial charge in [-0.05, 0) is 18.6 Å². The first-order valence-electron chi connectivity index (χ1n) is 7.23. The predicted octanol–water partition coefficient (Wildman–Crippen LogP) is 0.892. The molecule has 0 aromatic heterocycles. The fraction of sp³-hybridized carbons (Fsp3) is 0.467. The highest BCUT2D eigenvalue weighted by Gasteiger charge is 2.23. The van der Waals surface area contributed by atoms with Gasteiger partial charge in [-0.3, -0.25) is 9.59 Å². The molecule has 114 valence electrons. The Morgan fingerprint density at radius 2 is 2.29 bits per heavy atom. The molecule has 0 spiro atoms. The molecule has 1 aliphatic rings. The van der Waals surface area contributed by atoms with Crippen LogP contribution in [0.1, 0.15) is 19.8 Å². The summed E-state index contributed by atoms with van der Waals surface area (Å²) in [6.45, 7) is 3.97. The minimum atomic E-state index is -0.460. The molecule has 6 nitrogen and oxygen atoms in total. The van der Waals surface area contributed by atoms with Crippen molar-refractivity contribution in [2.75, 3.05) is 25.0 Å². The number of hydrogen-bond acceptors (Lipinski definition) is 4. The highest BCUT2D eigenvalue weighted by atomic mass is 16.5. The lowest BCUT2D eigenvalue weighted by molar-refractivity contribution is -0.127. The number of benzene rings is 1. The Labute approximate surface area is 124 Å². The number of carbonyl (C=O) groups excluding carboxylic acids is 2. The summed E-state index contributed by atoms with van der Waals surface area (Å²) in [7, 11) is 0. The summed E-state index contributed by atoms with van der Waals surface area (Å²) in [6, 6.07) is 6.79. The molecule has 1 aliphatic heterocycles. The molecule has 0 bridgehead atoms. The fourth-order valence-corrected chi connectivity index (χ4v) is 2.09. The van der Waals surface area contributed by atoms with E-state index in [-0.39, 0.29) is 18.2 Å². The zero-order chi connectivity index (χ0) is 15.1. The molecule has 21 heavy (non-hydrogen) atoms. The smallest absolute Gasteiger partial charge is 0.237 e. The van der Waals surface area contributed by atoms with E-state index in [4.69, 9.17) is 4.74 Å². The fourth-order valence-electron chi connectivity index (χ4n) is 2.09. The van der Waals surface area contributed by atoms with Gasteiger partial charge in [-0.1, -0.05) is 13.0 Å². The SMILES string of the molecule is CCCOc1cccc(NC(=O)CC2NCCNC2=O)c1. The second-order valence-electron chi connectivity index (χ2n) is 4.93. The van der Waals surface area contributed by atoms with Crippen molar-refractivity contribution in [1.82, 2.24) is 10.6 Å². The summed E-state index contributed by atoms with van der Waals surface area (Å²) in [6.07, 6.45) is 1.05. The van der Waals surface area contributed by atoms with Crippen LogP contribution in [0, 0.1) is 0 Å². The Morgan fingerprint density at radius 1 is 1.43 bits per heavy atom. The zero-order valence-electron chi connectivity index (χ0n) is 12.1. The number of carbonyl (C=O) groups is 2. The van der Waals surface area contributed by atoms with Crippen LogP contribution in [0.15, 0.2) is 24.3 Å². The van der Waals surface area contributed by atoms with E-state index in [1.807, 2.05) is 19.1 Å². The van der Waals surface area contributed by atoms with Crippen molar-refractivity contribution in [1.29, 1.82) is 0 Å². The minimum Gasteiger partial charge on any atom is -0.494 e. The molecule has 0 saturated carbocycles. The highest BCUT2D eigenvalue weighted by Crippen LogP contribution is 2.17. The molecule has 1 aromatic carbocycles. The first-order chi connectivity index (χ1) is 10.2. The Kier molecular flexibility index (Phi) is 5.57. The van der Waals surface area contributed by atoms with E-state index < -0.39 is 6.04 Å². The molecule has 0 radical (unpaired) electrons. The monoisotopic (exact) mass is 291 g/mol. The molecule has 1 unspecified atom stereocenters. The molecular formula is C15H21N3O3. The van der Waals surface area contributed by atoms with Gasteiger partial charge in [0.25, 0.3) is 0 Å². The lowest BCUT2D eigenvalue weighted by Gasteiger charge is -2.22. The maximum absolute atomic E-state index is 12.0. The van der Waals surface area contributed by atoms with Gasteiger partial charge in [-0.25, -0.2) is 0 Å². The summed E-state index contributed by atoms with van der Waals surface area (Å²) in [5.74, 6) is 0.400. The summed E-state index contributed by atoms with van der Waals surface area (Å²) in [4.78, 5) is 23.6. The summed E-state index contributed by atoms with van der Waals surface area (Å²) in [5.41, 5.74) is 0.671. The minimum absolute atomic E-state index is 0.117. The van der Waals surface area contributed by atoms with Gasteiger partial charge in [0.2, 0.25) is 11.8 Å². The van der Waals surface area contributed by atoms with E-state index in [2.05, 4.69) is 16.0 Å². The van der Waals surface area contributed by atoms with Gasteiger partial charge >= 0.3 is 0 Å². The van der Waals surface area contributed by atoms with Gasteiger partial charge < -0.3 is 20.7 Å². The predicted molar refractivity (Wildman–Crippen MR) is 80.3 cm³/mol. The summed E-state index contributed by atoms with van der Waals surface area (Å²) >= 11 is 0. The van der Waals surface area contributed by atoms with Crippen LogP contribution >= 0.6 is 0 Å². The van der Waals surface area contributed by atoms with Crippen molar-refractivity contribution < 1.29 is 14.3 Å². The average molecular weight is 291 g/mol. The largest absolute Gasteiger partial charge is 0.494 e. The topological polar surface area (TPSA) is 79.5 Å². The van der Waals surface area contributed by atoms with E-state index in [0.717, 1.165) is 12.2 Å². The number of amides is 2. The van der Waals surface area contributed by atoms with Crippen LogP contribution in [0.25, 0.3) is 0 Å². The second kappa shape index (κ2) is 7.64. The van der Waals surface area contributed by atoms with E-state index in [9.17, 15) is 9.59 Å². The Bertz CT molecular complexity index is 505. The molecule has 3 N–H and O–H groups in total. The highest BCUT2D eigenvalue weighted by molar-refractivity contribution is 5.95. The van der Waals surface area contributed by atoms with Gasteiger partial charge in [0.15, 0.2) is 0 Å². The van der Waals surface area contributed by atoms with Crippen molar-refractivity contribution in [3.05, 3.63) is 24.3 Å². The number of nitrogens with one attached hydrogen (secondary N) is 3. The number of anilines is 1. The maximum Gasteiger partial charge on any atom is 0.237 e. The Balaban J connectivity index is 1.88. The number of rotatable bonds is 6. The van der Waals surface area contributed by atoms with Gasteiger partial charge in [-0.15, -0.1) is 0 Å². The molecule has 1 aromatic rings. The van der Waals surface area contributed by atoms with Crippen molar-refractivity contribution in [2.45, 2.75) is 25.8 Å². The first-order valence-corrected chi connectivity index (χ1v) is 7.23. The standard InChI is InChI=1S/C15H21N3O3/c1-2-8-21-12-5-3-4-11(9-12)18-14(19)10-13-15(20)17-7-6-16-13/h3-5,9,13,16H,2,6-8,10H2,1H3,(H,17,20)(H,18,19). The first kappa shape index (κ1) is 15.3. The van der Waals surface area contributed by atoms with Crippen molar-refractivity contribution >= 4 is 17.5 Å². The third-order valence-corrected chi connectivity index (χ3v) is 3.11. The quantitative estimate of drug-likeness (QED) is 0.727. The maximum atomic E-state index is 12.0. The number of piperazine rings is 1. The van der Waals surface area contributed by atoms with Gasteiger partial charge in [0, 0.05) is 24.8 Å². The normalized spacial score (nSPS) is 18.0. The van der Waals surface area contributed by atoms with Crippen molar-refractivity contribution in [3.63, 3.8) is 0 Å². The molecule has 2 amide bonds. The molecule has 0 aliphatic carbocycles. The van der Waals surface area contributed by atoms with Crippen LogP contribution < -0.4 is 20.7 Å². The van der Waals surface area contributed by atoms with E-state index in [1.165, 1.54) is 0 Å². The lowest BCUT2D eigenvalue weighted by Crippen LogP contribution is -2.53. The molecule has 6 heteroatoms. The Hall–Kier alpha value is -2.08. The van der Waals surface area contributed by atoms with Crippen LogP contribution in [0.2, 0.25) is 0 Å². The molecule has 2 rings (SSSR count). The van der Waals surface area contributed by atoms with E-state index in [0.29, 0.717) is 25.4 Å². The second-order valence-corrected chi connectivity index (χ2v) is 4.93. The average Bonchev–Trinajstić information content (AvgIpc) is 2.48. The third-order valence-electron chi connectivity index (χ3n) is 3.11. The van der Waals surface area contributed by atoms with Gasteiger partial charge in [-0.2, -0.15) is 0 Å². The number of ether oxygens (including phenoxy) is 1. The van der Waals surface area contributed by atoms with Gasteiger partial charge in [0.05, 0.1) is 19.1 Å². The molecule has 1 atom stereocenters. The third kappa shape index (κ3) is 4.75. The van der Waals surface area contributed by atoms with E-state index in [1.54, 1.807) is 12.1 Å². The van der Waals surface area contributed by atoms with Crippen LogP contribution in [-0.4, -0.2) is 37.6 Å². The summed E-state index contributed by atoms with van der Waals surface area (Å²) in [5, 5.41) is 8.55. The lowest BCUT2D eigenvalue weighted by atomic mass is 10.1. The zero-order valence-corrected chi connectivity index (χ0v) is 12.1. The Morgan fingerprint density at radius 3 is 3.05 bits per heavy atom. The van der Waals surface area contributed by atoms with Crippen molar-refractivity contribution in [3.8, 4) is 5.75 Å². The van der Waals surface area contributed by atoms with Crippen molar-refractivity contribution in [2.24, 2.45) is 0 Å². The number of hydrogen-bond donors (Lipinski definition) is 3. The molecule has 1 heterocycles. The van der Waals surface area contributed by atoms with Gasteiger partial charge in [0.1, 0.15) is 5.75 Å². The van der Waals surface area contributed by atoms with Crippen LogP contribution in [0.3, 0.4) is 0 Å². The van der Waals surface area contributed by atoms with Crippen LogP contribution in [-0.2, 0) is 9.59 Å². The summed E-state index contributed by atoms with van der Waals surface area (Å²) < 4.78 is 5.52. The molecule has 1 fully saturated rings. The van der Waals surface area contributed by atoms with Crippen LogP contribution in [0.4, 0.5) is 5.69 Å². The van der Waals surface area contributed by atoms with E-state index >= 15 is 0 Å². The molecule has 1 saturated heterocycles. The van der Waals surface area contributed by atoms with Crippen LogP contribution in [0.5, 0.6) is 5.75 Å².